The third-order valence-electron chi connectivity index (χ3n) is 2.52. The summed E-state index contributed by atoms with van der Waals surface area (Å²) < 4.78 is 13.1. The summed E-state index contributed by atoms with van der Waals surface area (Å²) in [4.78, 5) is 2.35. The fraction of sp³-hybridized carbons (Fsp3) is 0.231. The topological polar surface area (TPSA) is 0 Å². The molecule has 0 nitrogen and oxygen atoms in total. The molecule has 0 fully saturated rings. The average Bonchev–Trinajstić information content (AvgIpc) is 2.80. The minimum absolute atomic E-state index is 0.112. The van der Waals surface area contributed by atoms with Gasteiger partial charge in [-0.2, -0.15) is 0 Å². The molecule has 1 unspecified atom stereocenters. The molecule has 0 amide bonds. The van der Waals surface area contributed by atoms with Crippen LogP contribution in [0, 0.1) is 5.82 Å². The van der Waals surface area contributed by atoms with Gasteiger partial charge in [-0.15, -0.1) is 22.9 Å². The van der Waals surface area contributed by atoms with Crippen LogP contribution in [0.1, 0.15) is 27.6 Å². The second-order valence-corrected chi connectivity index (χ2v) is 5.74. The van der Waals surface area contributed by atoms with Crippen molar-refractivity contribution < 1.29 is 4.39 Å². The van der Waals surface area contributed by atoms with Gasteiger partial charge in [-0.3, -0.25) is 0 Å². The van der Waals surface area contributed by atoms with E-state index < -0.39 is 5.82 Å². The largest absolute Gasteiger partial charge is 0.205 e. The van der Waals surface area contributed by atoms with E-state index in [4.69, 9.17) is 23.2 Å². The zero-order valence-corrected chi connectivity index (χ0v) is 11.5. The van der Waals surface area contributed by atoms with Gasteiger partial charge in [0.15, 0.2) is 0 Å². The van der Waals surface area contributed by atoms with Gasteiger partial charge in [-0.1, -0.05) is 24.6 Å². The maximum absolute atomic E-state index is 13.1. The summed E-state index contributed by atoms with van der Waals surface area (Å²) in [5.41, 5.74) is 0.822. The zero-order chi connectivity index (χ0) is 12.4. The van der Waals surface area contributed by atoms with Crippen molar-refractivity contribution in [2.24, 2.45) is 0 Å². The first-order chi connectivity index (χ1) is 8.11. The minimum atomic E-state index is -0.417. The Morgan fingerprint density at radius 2 is 2.06 bits per heavy atom. The van der Waals surface area contributed by atoms with Crippen LogP contribution in [0.25, 0.3) is 0 Å². The first kappa shape index (κ1) is 12.9. The Balaban J connectivity index is 2.29. The van der Waals surface area contributed by atoms with Crippen LogP contribution >= 0.6 is 34.5 Å². The third-order valence-corrected chi connectivity index (χ3v) is 4.72. The van der Waals surface area contributed by atoms with Gasteiger partial charge in [-0.05, 0) is 36.2 Å². The lowest BCUT2D eigenvalue weighted by atomic mass is 10.1. The van der Waals surface area contributed by atoms with E-state index in [1.807, 2.05) is 6.07 Å². The SMILES string of the molecule is CCc1ccc(C(Cl)c2ccc(F)c(Cl)c2)s1. The Morgan fingerprint density at radius 3 is 2.65 bits per heavy atom. The molecule has 1 atom stereocenters. The number of aryl methyl sites for hydroxylation is 1. The highest BCUT2D eigenvalue weighted by atomic mass is 35.5. The number of hydrogen-bond acceptors (Lipinski definition) is 1. The van der Waals surface area contributed by atoms with Gasteiger partial charge in [0.05, 0.1) is 10.4 Å². The summed E-state index contributed by atoms with van der Waals surface area (Å²) in [6, 6.07) is 8.68. The Bertz CT molecular complexity index is 522. The molecule has 0 saturated carbocycles. The first-order valence-corrected chi connectivity index (χ1v) is 6.92. The average molecular weight is 289 g/mol. The molecule has 2 aromatic rings. The summed E-state index contributed by atoms with van der Waals surface area (Å²) in [6.45, 7) is 2.10. The number of hydrogen-bond donors (Lipinski definition) is 0. The highest BCUT2D eigenvalue weighted by molar-refractivity contribution is 7.12. The molecule has 0 N–H and O–H groups in total. The molecule has 0 spiro atoms. The van der Waals surface area contributed by atoms with Gasteiger partial charge in [-0.25, -0.2) is 4.39 Å². The van der Waals surface area contributed by atoms with E-state index >= 15 is 0 Å². The Kier molecular flexibility index (Phi) is 4.08. The number of rotatable bonds is 3. The summed E-state index contributed by atoms with van der Waals surface area (Å²) >= 11 is 13.8. The van der Waals surface area contributed by atoms with E-state index in [0.717, 1.165) is 16.9 Å². The Labute approximate surface area is 114 Å². The van der Waals surface area contributed by atoms with Crippen molar-refractivity contribution in [2.45, 2.75) is 18.7 Å². The third kappa shape index (κ3) is 2.82. The van der Waals surface area contributed by atoms with Crippen LogP contribution in [0.15, 0.2) is 30.3 Å². The zero-order valence-electron chi connectivity index (χ0n) is 9.21. The molecule has 1 heterocycles. The van der Waals surface area contributed by atoms with Crippen molar-refractivity contribution in [3.63, 3.8) is 0 Å². The van der Waals surface area contributed by atoms with E-state index in [0.29, 0.717) is 0 Å². The van der Waals surface area contributed by atoms with Crippen molar-refractivity contribution in [2.75, 3.05) is 0 Å². The van der Waals surface area contributed by atoms with Crippen molar-refractivity contribution in [3.05, 3.63) is 56.5 Å². The van der Waals surface area contributed by atoms with Crippen LogP contribution in [0.5, 0.6) is 0 Å². The van der Waals surface area contributed by atoms with Crippen LogP contribution in [0.3, 0.4) is 0 Å². The number of benzene rings is 1. The molecule has 0 aliphatic carbocycles. The Morgan fingerprint density at radius 1 is 1.29 bits per heavy atom. The second-order valence-electron chi connectivity index (χ2n) is 3.69. The van der Waals surface area contributed by atoms with Crippen molar-refractivity contribution >= 4 is 34.5 Å². The van der Waals surface area contributed by atoms with Crippen LogP contribution in [0.4, 0.5) is 4.39 Å². The minimum Gasteiger partial charge on any atom is -0.205 e. The van der Waals surface area contributed by atoms with Gasteiger partial charge >= 0.3 is 0 Å². The van der Waals surface area contributed by atoms with Gasteiger partial charge in [0.2, 0.25) is 0 Å². The van der Waals surface area contributed by atoms with Crippen molar-refractivity contribution in [1.29, 1.82) is 0 Å². The molecular weight excluding hydrogens is 278 g/mol. The maximum Gasteiger partial charge on any atom is 0.141 e. The molecule has 0 bridgehead atoms. The normalized spacial score (nSPS) is 12.7. The smallest absolute Gasteiger partial charge is 0.141 e. The molecule has 1 aromatic heterocycles. The van der Waals surface area contributed by atoms with Crippen molar-refractivity contribution in [3.8, 4) is 0 Å². The summed E-state index contributed by atoms with van der Waals surface area (Å²) in [7, 11) is 0. The molecular formula is C13H11Cl2FS. The molecule has 1 aromatic carbocycles. The van der Waals surface area contributed by atoms with E-state index in [-0.39, 0.29) is 10.4 Å². The first-order valence-electron chi connectivity index (χ1n) is 5.29. The lowest BCUT2D eigenvalue weighted by molar-refractivity contribution is 0.627. The van der Waals surface area contributed by atoms with Gasteiger partial charge in [0.25, 0.3) is 0 Å². The monoisotopic (exact) mass is 288 g/mol. The van der Waals surface area contributed by atoms with E-state index in [2.05, 4.69) is 13.0 Å². The lowest BCUT2D eigenvalue weighted by Crippen LogP contribution is -1.91. The quantitative estimate of drug-likeness (QED) is 0.661. The molecule has 90 valence electrons. The molecule has 0 aliphatic rings. The van der Waals surface area contributed by atoms with Crippen LogP contribution in [0.2, 0.25) is 5.02 Å². The predicted molar refractivity (Wildman–Crippen MR) is 72.8 cm³/mol. The van der Waals surface area contributed by atoms with Gasteiger partial charge < -0.3 is 0 Å². The van der Waals surface area contributed by atoms with Crippen LogP contribution in [-0.4, -0.2) is 0 Å². The fourth-order valence-electron chi connectivity index (χ4n) is 1.56. The van der Waals surface area contributed by atoms with E-state index in [1.54, 1.807) is 23.5 Å². The molecule has 0 radical (unpaired) electrons. The number of halogens is 3. The molecule has 17 heavy (non-hydrogen) atoms. The highest BCUT2D eigenvalue weighted by Gasteiger charge is 2.14. The highest BCUT2D eigenvalue weighted by Crippen LogP contribution is 2.35. The Hall–Kier alpha value is -0.570. The standard InChI is InChI=1S/C13H11Cl2FS/c1-2-9-4-6-12(17-9)13(15)8-3-5-11(16)10(14)7-8/h3-7,13H,2H2,1H3. The second kappa shape index (κ2) is 5.38. The lowest BCUT2D eigenvalue weighted by Gasteiger charge is -2.08. The van der Waals surface area contributed by atoms with Crippen LogP contribution in [-0.2, 0) is 6.42 Å². The summed E-state index contributed by atoms with van der Waals surface area (Å²) in [5.74, 6) is -0.417. The van der Waals surface area contributed by atoms with Crippen molar-refractivity contribution in [1.82, 2.24) is 0 Å². The van der Waals surface area contributed by atoms with E-state index in [1.165, 1.54) is 10.9 Å². The summed E-state index contributed by atoms with van der Waals surface area (Å²) in [5, 5.41) is -0.154. The van der Waals surface area contributed by atoms with Gasteiger partial charge in [0, 0.05) is 9.75 Å². The predicted octanol–water partition coefficient (Wildman–Crippen LogP) is 5.43. The molecule has 4 heteroatoms. The number of thiophene rings is 1. The van der Waals surface area contributed by atoms with Crippen LogP contribution < -0.4 is 0 Å². The number of alkyl halides is 1. The molecule has 0 saturated heterocycles. The maximum atomic E-state index is 13.1. The van der Waals surface area contributed by atoms with E-state index in [9.17, 15) is 4.39 Å². The fourth-order valence-corrected chi connectivity index (χ4v) is 3.04. The van der Waals surface area contributed by atoms with Gasteiger partial charge in [0.1, 0.15) is 5.82 Å². The molecule has 2 rings (SSSR count). The molecule has 0 aliphatic heterocycles. The summed E-state index contributed by atoms with van der Waals surface area (Å²) in [6.07, 6.45) is 0.998.